The minimum absolute atomic E-state index is 0.0119. The van der Waals surface area contributed by atoms with Gasteiger partial charge in [0.1, 0.15) is 4.83 Å². The van der Waals surface area contributed by atoms with Crippen molar-refractivity contribution < 1.29 is 9.84 Å². The van der Waals surface area contributed by atoms with E-state index in [0.29, 0.717) is 36.1 Å². The van der Waals surface area contributed by atoms with Crippen molar-refractivity contribution in [2.45, 2.75) is 25.5 Å². The van der Waals surface area contributed by atoms with Gasteiger partial charge in [0.05, 0.1) is 25.2 Å². The SMILES string of the molecule is C=CCn1c(SCC2(CO)COC2)nc2sc(C)c(C)c2c1=O. The molecule has 2 aromatic rings. The fourth-order valence-corrected chi connectivity index (χ4v) is 4.78. The van der Waals surface area contributed by atoms with Gasteiger partial charge in [-0.1, -0.05) is 17.8 Å². The van der Waals surface area contributed by atoms with Crippen LogP contribution in [0.15, 0.2) is 22.6 Å². The molecule has 3 rings (SSSR count). The Morgan fingerprint density at radius 3 is 2.83 bits per heavy atom. The van der Waals surface area contributed by atoms with E-state index in [0.717, 1.165) is 15.3 Å². The van der Waals surface area contributed by atoms with E-state index in [2.05, 4.69) is 6.58 Å². The van der Waals surface area contributed by atoms with Crippen LogP contribution in [0.2, 0.25) is 0 Å². The second-order valence-corrected chi connectivity index (χ2v) is 8.15. The van der Waals surface area contributed by atoms with Crippen LogP contribution >= 0.6 is 23.1 Å². The van der Waals surface area contributed by atoms with Crippen LogP contribution in [0.1, 0.15) is 10.4 Å². The van der Waals surface area contributed by atoms with E-state index in [-0.39, 0.29) is 17.6 Å². The highest BCUT2D eigenvalue weighted by atomic mass is 32.2. The molecule has 0 saturated carbocycles. The maximum absolute atomic E-state index is 12.8. The minimum atomic E-state index is -0.211. The Kier molecular flexibility index (Phi) is 4.64. The zero-order chi connectivity index (χ0) is 16.6. The topological polar surface area (TPSA) is 64.3 Å². The van der Waals surface area contributed by atoms with Gasteiger partial charge in [-0.25, -0.2) is 4.98 Å². The van der Waals surface area contributed by atoms with Crippen LogP contribution in [0.5, 0.6) is 0 Å². The molecule has 0 spiro atoms. The van der Waals surface area contributed by atoms with Gasteiger partial charge in [0.25, 0.3) is 5.56 Å². The Hall–Kier alpha value is -1.15. The van der Waals surface area contributed by atoms with Crippen LogP contribution in [-0.4, -0.2) is 40.2 Å². The van der Waals surface area contributed by atoms with Gasteiger partial charge in [0, 0.05) is 22.6 Å². The standard InChI is InChI=1S/C16H20N2O3S2/c1-4-5-18-14(20)12-10(2)11(3)23-13(12)17-15(18)22-9-16(6-19)7-21-8-16/h4,19H,1,5-9H2,2-3H3. The van der Waals surface area contributed by atoms with Crippen LogP contribution in [0.3, 0.4) is 0 Å². The lowest BCUT2D eigenvalue weighted by atomic mass is 9.90. The summed E-state index contributed by atoms with van der Waals surface area (Å²) in [6.45, 7) is 9.36. The number of aliphatic hydroxyl groups is 1. The second-order valence-electron chi connectivity index (χ2n) is 6.00. The van der Waals surface area contributed by atoms with Crippen molar-refractivity contribution in [1.82, 2.24) is 9.55 Å². The molecule has 0 amide bonds. The number of aromatic nitrogens is 2. The first-order valence-corrected chi connectivity index (χ1v) is 9.24. The van der Waals surface area contributed by atoms with Crippen molar-refractivity contribution >= 4 is 33.3 Å². The number of thiophene rings is 1. The molecular formula is C16H20N2O3S2. The third kappa shape index (κ3) is 2.87. The molecule has 1 aliphatic heterocycles. The molecule has 2 aromatic heterocycles. The summed E-state index contributed by atoms with van der Waals surface area (Å²) in [4.78, 5) is 19.5. The smallest absolute Gasteiger partial charge is 0.263 e. The summed E-state index contributed by atoms with van der Waals surface area (Å²) >= 11 is 3.06. The number of hydrogen-bond donors (Lipinski definition) is 1. The largest absolute Gasteiger partial charge is 0.396 e. The van der Waals surface area contributed by atoms with Crippen LogP contribution in [0, 0.1) is 19.3 Å². The number of aryl methyl sites for hydroxylation is 2. The van der Waals surface area contributed by atoms with Crippen LogP contribution in [-0.2, 0) is 11.3 Å². The van der Waals surface area contributed by atoms with E-state index >= 15 is 0 Å². The molecule has 7 heteroatoms. The predicted molar refractivity (Wildman–Crippen MR) is 94.6 cm³/mol. The van der Waals surface area contributed by atoms with E-state index in [9.17, 15) is 9.90 Å². The molecule has 5 nitrogen and oxygen atoms in total. The van der Waals surface area contributed by atoms with E-state index < -0.39 is 0 Å². The Morgan fingerprint density at radius 1 is 1.52 bits per heavy atom. The molecule has 1 N–H and O–H groups in total. The van der Waals surface area contributed by atoms with E-state index in [1.54, 1.807) is 22.0 Å². The summed E-state index contributed by atoms with van der Waals surface area (Å²) in [5.41, 5.74) is 0.788. The highest BCUT2D eigenvalue weighted by molar-refractivity contribution is 7.99. The maximum atomic E-state index is 12.8. The van der Waals surface area contributed by atoms with Crippen molar-refractivity contribution in [2.24, 2.45) is 5.41 Å². The fourth-order valence-electron chi connectivity index (χ4n) is 2.54. The molecule has 1 saturated heterocycles. The lowest BCUT2D eigenvalue weighted by molar-refractivity contribution is -0.121. The summed E-state index contributed by atoms with van der Waals surface area (Å²) in [6, 6.07) is 0. The number of rotatable bonds is 6. The molecule has 0 unspecified atom stereocenters. The third-order valence-corrected chi connectivity index (χ3v) is 6.65. The summed E-state index contributed by atoms with van der Waals surface area (Å²) < 4.78 is 6.90. The number of thioether (sulfide) groups is 1. The zero-order valence-electron chi connectivity index (χ0n) is 13.3. The quantitative estimate of drug-likeness (QED) is 0.491. The number of hydrogen-bond acceptors (Lipinski definition) is 6. The van der Waals surface area contributed by atoms with Gasteiger partial charge in [-0.05, 0) is 19.4 Å². The Morgan fingerprint density at radius 2 is 2.26 bits per heavy atom. The average molecular weight is 352 g/mol. The maximum Gasteiger partial charge on any atom is 0.263 e. The van der Waals surface area contributed by atoms with Crippen molar-refractivity contribution in [2.75, 3.05) is 25.6 Å². The zero-order valence-corrected chi connectivity index (χ0v) is 14.9. The third-order valence-electron chi connectivity index (χ3n) is 4.22. The number of aliphatic hydroxyl groups excluding tert-OH is 1. The molecule has 0 aromatic carbocycles. The second kappa shape index (κ2) is 6.39. The molecule has 124 valence electrons. The molecule has 0 bridgehead atoms. The number of allylic oxidation sites excluding steroid dienone is 1. The Labute approximate surface area is 143 Å². The minimum Gasteiger partial charge on any atom is -0.396 e. The molecule has 0 atom stereocenters. The van der Waals surface area contributed by atoms with E-state index in [1.165, 1.54) is 11.8 Å². The van der Waals surface area contributed by atoms with Crippen molar-refractivity contribution in [1.29, 1.82) is 0 Å². The number of fused-ring (bicyclic) bond motifs is 1. The summed E-state index contributed by atoms with van der Waals surface area (Å²) in [7, 11) is 0. The lowest BCUT2D eigenvalue weighted by Gasteiger charge is -2.39. The van der Waals surface area contributed by atoms with Crippen molar-refractivity contribution in [3.8, 4) is 0 Å². The van der Waals surface area contributed by atoms with Crippen LogP contribution < -0.4 is 5.56 Å². The first-order valence-electron chi connectivity index (χ1n) is 7.44. The first-order chi connectivity index (χ1) is 11.0. The molecule has 0 radical (unpaired) electrons. The summed E-state index contributed by atoms with van der Waals surface area (Å²) in [5, 5.41) is 11.0. The van der Waals surface area contributed by atoms with E-state index in [4.69, 9.17) is 9.72 Å². The highest BCUT2D eigenvalue weighted by Gasteiger charge is 2.38. The first kappa shape index (κ1) is 16.7. The molecule has 3 heterocycles. The predicted octanol–water partition coefficient (Wildman–Crippen LogP) is 2.36. The normalized spacial score (nSPS) is 16.5. The Balaban J connectivity index is 2.02. The highest BCUT2D eigenvalue weighted by Crippen LogP contribution is 2.34. The molecule has 1 aliphatic rings. The van der Waals surface area contributed by atoms with Crippen LogP contribution in [0.25, 0.3) is 10.2 Å². The monoisotopic (exact) mass is 352 g/mol. The fraction of sp³-hybridized carbons (Fsp3) is 0.500. The summed E-state index contributed by atoms with van der Waals surface area (Å²) in [6.07, 6.45) is 1.71. The van der Waals surface area contributed by atoms with Crippen LogP contribution in [0.4, 0.5) is 0 Å². The van der Waals surface area contributed by atoms with Crippen molar-refractivity contribution in [3.63, 3.8) is 0 Å². The van der Waals surface area contributed by atoms with Gasteiger partial charge in [0.2, 0.25) is 0 Å². The van der Waals surface area contributed by atoms with Gasteiger partial charge in [0.15, 0.2) is 5.16 Å². The van der Waals surface area contributed by atoms with Gasteiger partial charge < -0.3 is 9.84 Å². The van der Waals surface area contributed by atoms with Gasteiger partial charge in [-0.15, -0.1) is 17.9 Å². The molecule has 1 fully saturated rings. The summed E-state index contributed by atoms with van der Waals surface area (Å²) in [5.74, 6) is 0.682. The molecule has 0 aliphatic carbocycles. The molecule has 23 heavy (non-hydrogen) atoms. The Bertz CT molecular complexity index is 800. The van der Waals surface area contributed by atoms with E-state index in [1.807, 2.05) is 13.8 Å². The lowest BCUT2D eigenvalue weighted by Crippen LogP contribution is -2.47. The number of ether oxygens (including phenoxy) is 1. The van der Waals surface area contributed by atoms with Gasteiger partial charge >= 0.3 is 0 Å². The van der Waals surface area contributed by atoms with Gasteiger partial charge in [-0.3, -0.25) is 9.36 Å². The molecular weight excluding hydrogens is 332 g/mol. The van der Waals surface area contributed by atoms with Gasteiger partial charge in [-0.2, -0.15) is 0 Å². The number of nitrogens with zero attached hydrogens (tertiary/aromatic N) is 2. The average Bonchev–Trinajstić information content (AvgIpc) is 2.77. The van der Waals surface area contributed by atoms with Crippen molar-refractivity contribution in [3.05, 3.63) is 33.4 Å².